The molecule has 9 aromatic rings. The van der Waals surface area contributed by atoms with Crippen LogP contribution < -0.4 is 0 Å². The van der Waals surface area contributed by atoms with Crippen LogP contribution in [0, 0.1) is 0 Å². The van der Waals surface area contributed by atoms with E-state index in [4.69, 9.17) is 19.5 Å². The molecule has 0 amide bonds. The first-order valence-electron chi connectivity index (χ1n) is 24.4. The minimum Gasteiger partial charge on any atom is -0.456 e. The van der Waals surface area contributed by atoms with Crippen molar-refractivity contribution >= 4 is 43.5 Å². The van der Waals surface area contributed by atoms with E-state index in [1.807, 2.05) is 60.7 Å². The highest BCUT2D eigenvalue weighted by Crippen LogP contribution is 2.37. The molecule has 9 rings (SSSR count). The number of hydrogen-bond acceptors (Lipinski definition) is 1. The molecule has 0 aliphatic heterocycles. The van der Waals surface area contributed by atoms with Crippen molar-refractivity contribution in [3.63, 3.8) is 0 Å². The topological polar surface area (TPSA) is 13.1 Å². The highest BCUT2D eigenvalue weighted by Gasteiger charge is 2.17. The van der Waals surface area contributed by atoms with Crippen molar-refractivity contribution < 1.29 is 27.7 Å². The van der Waals surface area contributed by atoms with Gasteiger partial charge in [0.05, 0.1) is 23.3 Å². The average Bonchev–Trinajstić information content (AvgIpc) is 3.71. The van der Waals surface area contributed by atoms with E-state index in [2.05, 4.69) is 0 Å². The highest BCUT2D eigenvalue weighted by molar-refractivity contribution is 6.09. The lowest BCUT2D eigenvalue weighted by Gasteiger charge is -2.18. The van der Waals surface area contributed by atoms with Crippen LogP contribution in [0.5, 0.6) is 0 Å². The number of rotatable bonds is 8. The summed E-state index contributed by atoms with van der Waals surface area (Å²) in [6.07, 6.45) is -0.620. The van der Waals surface area contributed by atoms with Gasteiger partial charge in [0.25, 0.3) is 0 Å². The second-order valence-electron chi connectivity index (χ2n) is 11.9. The van der Waals surface area contributed by atoms with Crippen molar-refractivity contribution in [1.29, 1.82) is 0 Å². The molecule has 0 radical (unpaired) electrons. The van der Waals surface area contributed by atoms with Gasteiger partial charge in [-0.25, -0.2) is 0 Å². The Balaban J connectivity index is 1.31. The summed E-state index contributed by atoms with van der Waals surface area (Å²) >= 11 is 0. The Morgan fingerprint density at radius 2 is 0.857 bits per heavy atom. The third-order valence-corrected chi connectivity index (χ3v) is 8.87. The molecule has 8 aromatic carbocycles. The molecule has 0 atom stereocenters. The summed E-state index contributed by atoms with van der Waals surface area (Å²) in [4.78, 5) is 0. The first kappa shape index (κ1) is 16.5. The van der Waals surface area contributed by atoms with E-state index in [0.29, 0.717) is 23.2 Å². The number of fused-ring (bicyclic) bond motifs is 5. The molecule has 1 nitrogen and oxygen atoms in total. The van der Waals surface area contributed by atoms with Gasteiger partial charge in [-0.3, -0.25) is 0 Å². The van der Waals surface area contributed by atoms with Gasteiger partial charge in [0, 0.05) is 10.8 Å². The van der Waals surface area contributed by atoms with Crippen molar-refractivity contribution in [1.82, 2.24) is 0 Å². The van der Waals surface area contributed by atoms with Crippen LogP contribution >= 0.6 is 0 Å². The minimum atomic E-state index is -0.703. The summed E-state index contributed by atoms with van der Waals surface area (Å²) in [5, 5.41) is 0.642. The lowest BCUT2D eigenvalue weighted by Crippen LogP contribution is -1.99. The average molecular weight is 646 g/mol. The largest absolute Gasteiger partial charge is 0.456 e. The summed E-state index contributed by atoms with van der Waals surface area (Å²) in [5.74, 6) is 0. The molecular weight excluding hydrogens is 593 g/mol. The first-order valence-corrected chi connectivity index (χ1v) is 15.9. The Kier molecular flexibility index (Phi) is 4.23. The fourth-order valence-corrected chi connectivity index (χ4v) is 6.77. The second kappa shape index (κ2) is 12.6. The Morgan fingerprint density at radius 1 is 0.388 bits per heavy atom. The van der Waals surface area contributed by atoms with Gasteiger partial charge in [0.2, 0.25) is 0 Å². The van der Waals surface area contributed by atoms with Crippen LogP contribution in [0.15, 0.2) is 174 Å². The molecule has 0 bridgehead atoms. The standard InChI is InChI=1S/C48H36O/c1-3-14-33(15-4-1)29-37-20-12-26-45-47(37)48-38(21-13-27-46(48)49-45)30-35-18-11-19-36(28-35)32-44-41-24-9-7-22-39(41)43(31-34-16-5-2-6-17-34)40-23-8-10-25-42(40)44/h1-28H,29-32H2/i2D,5D,6D,7D,8D,9D,10D,11D,16D,17D,18D,19D,22D,23D,24D,25D,28D. The van der Waals surface area contributed by atoms with E-state index in [1.54, 1.807) is 6.07 Å². The third kappa shape index (κ3) is 5.58. The fourth-order valence-electron chi connectivity index (χ4n) is 6.77. The maximum Gasteiger partial charge on any atom is 0.135 e. The zero-order chi connectivity index (χ0) is 47.4. The van der Waals surface area contributed by atoms with Crippen LogP contribution in [0.4, 0.5) is 0 Å². The van der Waals surface area contributed by atoms with E-state index in [9.17, 15) is 8.22 Å². The molecule has 234 valence electrons. The zero-order valence-corrected chi connectivity index (χ0v) is 26.1. The van der Waals surface area contributed by atoms with Crippen LogP contribution in [0.1, 0.15) is 67.8 Å². The second-order valence-corrected chi connectivity index (χ2v) is 11.9. The monoisotopic (exact) mass is 645 g/mol. The van der Waals surface area contributed by atoms with Gasteiger partial charge in [-0.2, -0.15) is 0 Å². The van der Waals surface area contributed by atoms with Crippen molar-refractivity contribution in [3.05, 3.63) is 214 Å². The van der Waals surface area contributed by atoms with E-state index in [-0.39, 0.29) is 67.9 Å². The van der Waals surface area contributed by atoms with E-state index in [0.717, 1.165) is 21.9 Å². The van der Waals surface area contributed by atoms with Gasteiger partial charge in [-0.15, -0.1) is 0 Å². The highest BCUT2D eigenvalue weighted by atomic mass is 16.3. The smallest absolute Gasteiger partial charge is 0.135 e. The summed E-state index contributed by atoms with van der Waals surface area (Å²) in [6.45, 7) is 0. The molecule has 0 N–H and O–H groups in total. The lowest BCUT2D eigenvalue weighted by molar-refractivity contribution is 0.668. The zero-order valence-electron chi connectivity index (χ0n) is 43.1. The van der Waals surface area contributed by atoms with Gasteiger partial charge < -0.3 is 4.42 Å². The number of hydrogen-bond donors (Lipinski definition) is 0. The van der Waals surface area contributed by atoms with Crippen LogP contribution in [0.2, 0.25) is 0 Å². The third-order valence-electron chi connectivity index (χ3n) is 8.87. The summed E-state index contributed by atoms with van der Waals surface area (Å²) in [5.41, 5.74) is 3.33. The SMILES string of the molecule is [2H]c1c([2H])c([2H])c(Cc2c3c([2H])c([2H])c([2H])c([2H])c3c(Cc3c([2H])c([2H])c([2H])c(Cc4cccc5oc6cccc(Cc7ccccc7)c6c45)c3[2H])c3c([2H])c([2H])c([2H])c([2H])c23)c([2H])c1[2H]. The maximum absolute atomic E-state index is 9.66. The van der Waals surface area contributed by atoms with E-state index < -0.39 is 103 Å². The molecule has 0 unspecified atom stereocenters. The Morgan fingerprint density at radius 3 is 1.43 bits per heavy atom. The number of furan rings is 1. The van der Waals surface area contributed by atoms with Crippen molar-refractivity contribution in [3.8, 4) is 0 Å². The summed E-state index contributed by atoms with van der Waals surface area (Å²) < 4.78 is 157. The van der Waals surface area contributed by atoms with Crippen molar-refractivity contribution in [2.45, 2.75) is 25.7 Å². The molecule has 1 aromatic heterocycles. The number of benzene rings is 8. The first-order chi connectivity index (χ1) is 31.3. The normalized spacial score (nSPS) is 16.4. The van der Waals surface area contributed by atoms with Crippen LogP contribution in [0.25, 0.3) is 43.5 Å². The molecule has 0 spiro atoms. The minimum absolute atomic E-state index is 0.0554. The van der Waals surface area contributed by atoms with Crippen LogP contribution in [0.3, 0.4) is 0 Å². The molecule has 0 saturated heterocycles. The van der Waals surface area contributed by atoms with Crippen molar-refractivity contribution in [2.75, 3.05) is 0 Å². The lowest BCUT2D eigenvalue weighted by atomic mass is 9.86. The van der Waals surface area contributed by atoms with Gasteiger partial charge in [0.1, 0.15) is 11.2 Å². The molecule has 0 fully saturated rings. The quantitative estimate of drug-likeness (QED) is 0.150. The molecule has 0 aliphatic rings. The van der Waals surface area contributed by atoms with Gasteiger partial charge in [0.15, 0.2) is 0 Å². The summed E-state index contributed by atoms with van der Waals surface area (Å²) in [7, 11) is 0. The summed E-state index contributed by atoms with van der Waals surface area (Å²) in [6, 6.07) is 10.9. The molecule has 1 heteroatoms. The van der Waals surface area contributed by atoms with Crippen LogP contribution in [-0.4, -0.2) is 0 Å². The maximum atomic E-state index is 9.66. The predicted octanol–water partition coefficient (Wildman–Crippen LogP) is 12.3. The Labute approximate surface area is 311 Å². The van der Waals surface area contributed by atoms with Gasteiger partial charge in [-0.1, -0.05) is 157 Å². The molecule has 1 heterocycles. The van der Waals surface area contributed by atoms with E-state index >= 15 is 0 Å². The fraction of sp³-hybridized carbons (Fsp3) is 0.0833. The Hall–Kier alpha value is -5.92. The van der Waals surface area contributed by atoms with Gasteiger partial charge >= 0.3 is 0 Å². The van der Waals surface area contributed by atoms with E-state index in [1.165, 1.54) is 0 Å². The predicted molar refractivity (Wildman–Crippen MR) is 206 cm³/mol. The molecular formula is C48H36O. The molecule has 49 heavy (non-hydrogen) atoms. The van der Waals surface area contributed by atoms with Crippen molar-refractivity contribution in [2.24, 2.45) is 0 Å². The van der Waals surface area contributed by atoms with Gasteiger partial charge in [-0.05, 0) is 104 Å². The molecule has 0 aliphatic carbocycles. The van der Waals surface area contributed by atoms with Crippen LogP contribution in [-0.2, 0) is 25.7 Å². The molecule has 0 saturated carbocycles. The Bertz CT molecular complexity index is 3450.